The molecule has 1 aromatic carbocycles. The summed E-state index contributed by atoms with van der Waals surface area (Å²) >= 11 is 0. The number of esters is 2. The molecule has 0 saturated heterocycles. The van der Waals surface area contributed by atoms with Crippen LogP contribution in [0.15, 0.2) is 47.4 Å². The van der Waals surface area contributed by atoms with Crippen molar-refractivity contribution in [1.82, 2.24) is 0 Å². The van der Waals surface area contributed by atoms with Gasteiger partial charge in [-0.05, 0) is 82.4 Å². The van der Waals surface area contributed by atoms with Gasteiger partial charge in [-0.1, -0.05) is 205 Å². The molecule has 0 heterocycles. The van der Waals surface area contributed by atoms with Gasteiger partial charge >= 0.3 is 63.3 Å². The van der Waals surface area contributed by atoms with E-state index < -0.39 is 27.0 Å². The first-order valence-electron chi connectivity index (χ1n) is 25.0. The second-order valence-corrected chi connectivity index (χ2v) is 18.5. The van der Waals surface area contributed by atoms with Crippen molar-refractivity contribution in [3.05, 3.63) is 53.6 Å². The van der Waals surface area contributed by atoms with Gasteiger partial charge in [-0.3, -0.25) is 0 Å². The monoisotopic (exact) mass is 897 g/mol. The van der Waals surface area contributed by atoms with Gasteiger partial charge < -0.3 is 14.0 Å². The van der Waals surface area contributed by atoms with E-state index in [1.165, 1.54) is 186 Å². The van der Waals surface area contributed by atoms with Crippen molar-refractivity contribution in [2.45, 2.75) is 250 Å². The number of hydrogen-bond acceptors (Lipinski definition) is 7. The first-order valence-corrected chi connectivity index (χ1v) is 26.5. The van der Waals surface area contributed by atoms with E-state index in [9.17, 15) is 22.6 Å². The van der Waals surface area contributed by atoms with E-state index in [4.69, 9.17) is 9.47 Å². The Kier molecular flexibility index (Phi) is 43.8. The molecule has 9 heteroatoms. The zero-order chi connectivity index (χ0) is 43.6. The number of benzene rings is 1. The van der Waals surface area contributed by atoms with Crippen molar-refractivity contribution in [1.29, 1.82) is 0 Å². The van der Waals surface area contributed by atoms with Gasteiger partial charge in [-0.25, -0.2) is 18.0 Å². The van der Waals surface area contributed by atoms with E-state index >= 15 is 0 Å². The molecule has 0 bridgehead atoms. The molecule has 61 heavy (non-hydrogen) atoms. The van der Waals surface area contributed by atoms with Gasteiger partial charge in [0, 0.05) is 0 Å². The Morgan fingerprint density at radius 2 is 0.721 bits per heavy atom. The molecule has 0 aliphatic carbocycles. The quantitative estimate of drug-likeness (QED) is 0.0211. The molecule has 346 valence electrons. The van der Waals surface area contributed by atoms with Crippen molar-refractivity contribution >= 4 is 22.1 Å². The summed E-state index contributed by atoms with van der Waals surface area (Å²) in [6.07, 6.45) is 53.6. The third-order valence-electron chi connectivity index (χ3n) is 11.5. The first kappa shape index (κ1) is 60.2. The Balaban J connectivity index is 0.0000360. The van der Waals surface area contributed by atoms with E-state index in [-0.39, 0.29) is 75.7 Å². The molecule has 0 N–H and O–H groups in total. The maximum atomic E-state index is 13.0. The molecule has 0 spiro atoms. The largest absolute Gasteiger partial charge is 1.00 e. The Morgan fingerprint density at radius 1 is 0.443 bits per heavy atom. The van der Waals surface area contributed by atoms with E-state index in [1.54, 1.807) is 0 Å². The van der Waals surface area contributed by atoms with Gasteiger partial charge in [0.15, 0.2) is 0 Å². The normalized spacial score (nSPS) is 11.7. The summed E-state index contributed by atoms with van der Waals surface area (Å²) < 4.78 is 45.9. The number of carbonyl (C=O) groups is 2. The van der Waals surface area contributed by atoms with Crippen molar-refractivity contribution in [2.75, 3.05) is 13.2 Å². The zero-order valence-electron chi connectivity index (χ0n) is 39.7. The molecule has 0 unspecified atom stereocenters. The summed E-state index contributed by atoms with van der Waals surface area (Å²) in [7, 11) is -4.82. The van der Waals surface area contributed by atoms with E-state index in [0.29, 0.717) is 12.8 Å². The van der Waals surface area contributed by atoms with Crippen LogP contribution in [0.4, 0.5) is 0 Å². The third-order valence-corrected chi connectivity index (χ3v) is 12.3. The van der Waals surface area contributed by atoms with Crippen LogP contribution in [-0.2, 0) is 19.6 Å². The van der Waals surface area contributed by atoms with Crippen LogP contribution >= 0.6 is 0 Å². The number of unbranched alkanes of at least 4 members (excludes halogenated alkanes) is 32. The Bertz CT molecular complexity index is 1340. The van der Waals surface area contributed by atoms with Crippen LogP contribution in [0.25, 0.3) is 0 Å². The number of hydrogen-bond donors (Lipinski definition) is 0. The van der Waals surface area contributed by atoms with Crippen molar-refractivity contribution in [2.24, 2.45) is 0 Å². The van der Waals surface area contributed by atoms with Gasteiger partial charge in [0.2, 0.25) is 0 Å². The van der Waals surface area contributed by atoms with Crippen molar-refractivity contribution < 1.29 is 83.4 Å². The Morgan fingerprint density at radius 3 is 1.03 bits per heavy atom. The second kappa shape index (κ2) is 44.4. The summed E-state index contributed by atoms with van der Waals surface area (Å²) in [4.78, 5) is 25.3. The predicted molar refractivity (Wildman–Crippen MR) is 251 cm³/mol. The van der Waals surface area contributed by atoms with Crippen molar-refractivity contribution in [3.8, 4) is 0 Å². The summed E-state index contributed by atoms with van der Waals surface area (Å²) in [5, 5.41) is 0. The fourth-order valence-electron chi connectivity index (χ4n) is 7.62. The maximum absolute atomic E-state index is 13.0. The summed E-state index contributed by atoms with van der Waals surface area (Å²) in [6.45, 7) is 4.88. The molecule has 0 radical (unpaired) electrons. The molecule has 0 aliphatic heterocycles. The molecule has 0 saturated carbocycles. The van der Waals surface area contributed by atoms with Crippen molar-refractivity contribution in [3.63, 3.8) is 0 Å². The standard InChI is InChI=1S/C52H90O7S.K/c1-3-5-7-9-11-13-15-17-19-21-23-25-27-29-31-33-35-37-39-41-45-58-51(53)49-44-43-48(60(55,56)57)47-50(49)52(54)59-46-42-40-38-36-34-32-30-28-26-24-22-20-18-16-14-12-10-8-6-4-2;/h13-16,43-44,47H,3-12,17-42,45-46H2,1-2H3,(H,55,56,57);/q;+1/p-1/b15-13+,16-14+;. The van der Waals surface area contributed by atoms with Gasteiger partial charge in [-0.15, -0.1) is 0 Å². The molecule has 0 aromatic heterocycles. The average Bonchev–Trinajstić information content (AvgIpc) is 3.24. The minimum Gasteiger partial charge on any atom is -0.744 e. The van der Waals surface area contributed by atoms with E-state index in [0.717, 1.165) is 50.7 Å². The predicted octanol–water partition coefficient (Wildman–Crippen LogP) is 13.1. The van der Waals surface area contributed by atoms with Crippen LogP contribution in [0.5, 0.6) is 0 Å². The number of rotatable bonds is 43. The van der Waals surface area contributed by atoms with Crippen LogP contribution in [-0.4, -0.2) is 38.1 Å². The van der Waals surface area contributed by atoms with E-state index in [2.05, 4.69) is 38.2 Å². The SMILES string of the molecule is CCCCCC/C=C/CCCCCCCCCCCCCCOC(=O)c1ccc(S(=O)(=O)[O-])cc1C(=O)OCCCCCCCCCCCCCC/C=C/CCCCCC.[K+]. The second-order valence-electron chi connectivity index (χ2n) is 17.1. The molecular formula is C52H89KO7S. The molecule has 7 nitrogen and oxygen atoms in total. The van der Waals surface area contributed by atoms with Gasteiger partial charge in [0.25, 0.3) is 0 Å². The molecule has 1 aromatic rings. The van der Waals surface area contributed by atoms with E-state index in [1.807, 2.05) is 0 Å². The fraction of sp³-hybridized carbons (Fsp3) is 0.769. The number of ether oxygens (including phenoxy) is 2. The summed E-state index contributed by atoms with van der Waals surface area (Å²) in [6, 6.07) is 3.15. The summed E-state index contributed by atoms with van der Waals surface area (Å²) in [5.41, 5.74) is -0.333. The van der Waals surface area contributed by atoms with Crippen LogP contribution in [0.3, 0.4) is 0 Å². The number of allylic oxidation sites excluding steroid dienone is 4. The van der Waals surface area contributed by atoms with Gasteiger partial charge in [0.05, 0.1) is 29.2 Å². The molecule has 0 amide bonds. The number of carbonyl (C=O) groups excluding carboxylic acids is 2. The van der Waals surface area contributed by atoms with Gasteiger partial charge in [0.1, 0.15) is 10.1 Å². The van der Waals surface area contributed by atoms with Gasteiger partial charge in [-0.2, -0.15) is 0 Å². The topological polar surface area (TPSA) is 110 Å². The maximum Gasteiger partial charge on any atom is 1.00 e. The average molecular weight is 897 g/mol. The molecule has 0 aliphatic rings. The molecule has 1 rings (SSSR count). The van der Waals surface area contributed by atoms with Crippen LogP contribution in [0.2, 0.25) is 0 Å². The smallest absolute Gasteiger partial charge is 0.744 e. The third kappa shape index (κ3) is 37.1. The minimum absolute atomic E-state index is 0. The Labute approximate surface area is 418 Å². The molecule has 0 atom stereocenters. The zero-order valence-corrected chi connectivity index (χ0v) is 43.6. The minimum atomic E-state index is -4.82. The van der Waals surface area contributed by atoms with Crippen LogP contribution in [0.1, 0.15) is 266 Å². The molecular weight excluding hydrogens is 808 g/mol. The summed E-state index contributed by atoms with van der Waals surface area (Å²) in [5.74, 6) is -1.54. The van der Waals surface area contributed by atoms with Crippen LogP contribution < -0.4 is 51.4 Å². The molecule has 0 fully saturated rings. The first-order chi connectivity index (χ1) is 29.3. The fourth-order valence-corrected chi connectivity index (χ4v) is 8.12. The van der Waals surface area contributed by atoms with Crippen LogP contribution in [0, 0.1) is 0 Å². The Hall–Kier alpha value is -0.814.